The summed E-state index contributed by atoms with van der Waals surface area (Å²) in [6, 6.07) is 25.4. The second-order valence-corrected chi connectivity index (χ2v) is 6.36. The van der Waals surface area contributed by atoms with Gasteiger partial charge < -0.3 is 9.64 Å². The summed E-state index contributed by atoms with van der Waals surface area (Å²) >= 11 is 0. The molecule has 140 valence electrons. The molecule has 0 aliphatic carbocycles. The summed E-state index contributed by atoms with van der Waals surface area (Å²) in [5, 5.41) is 0. The monoisotopic (exact) mass is 371 g/mol. The molecule has 0 spiro atoms. The van der Waals surface area contributed by atoms with Crippen molar-refractivity contribution in [3.8, 4) is 5.75 Å². The third-order valence-electron chi connectivity index (χ3n) is 4.11. The minimum absolute atomic E-state index is 0.110. The summed E-state index contributed by atoms with van der Waals surface area (Å²) in [6.45, 7) is 0.721. The van der Waals surface area contributed by atoms with Crippen LogP contribution in [-0.4, -0.2) is 23.7 Å². The molecule has 3 aromatic carbocycles. The molecule has 0 aromatic heterocycles. The number of carbonyl (C=O) groups is 2. The summed E-state index contributed by atoms with van der Waals surface area (Å²) in [5.41, 5.74) is 2.18. The van der Waals surface area contributed by atoms with Gasteiger partial charge in [0.05, 0.1) is 5.56 Å². The number of rotatable bonds is 7. The first-order valence-corrected chi connectivity index (χ1v) is 8.96. The van der Waals surface area contributed by atoms with Crippen molar-refractivity contribution in [2.75, 3.05) is 7.05 Å². The van der Waals surface area contributed by atoms with Gasteiger partial charge in [0.1, 0.15) is 5.75 Å². The molecule has 0 amide bonds. The normalized spacial score (nSPS) is 10.6. The first kappa shape index (κ1) is 19.1. The molecule has 0 N–H and O–H groups in total. The third kappa shape index (κ3) is 5.42. The summed E-state index contributed by atoms with van der Waals surface area (Å²) in [5.74, 6) is -0.140. The van der Waals surface area contributed by atoms with Crippen LogP contribution in [0, 0.1) is 0 Å². The van der Waals surface area contributed by atoms with Gasteiger partial charge in [-0.25, -0.2) is 4.79 Å². The van der Waals surface area contributed by atoms with E-state index in [1.807, 2.05) is 48.3 Å². The summed E-state index contributed by atoms with van der Waals surface area (Å²) in [6.07, 6.45) is 3.30. The fourth-order valence-electron chi connectivity index (χ4n) is 2.64. The molecule has 0 aliphatic rings. The lowest BCUT2D eigenvalue weighted by Gasteiger charge is -2.13. The Hall–Kier alpha value is -3.66. The molecule has 0 unspecified atom stereocenters. The van der Waals surface area contributed by atoms with E-state index >= 15 is 0 Å². The van der Waals surface area contributed by atoms with Gasteiger partial charge >= 0.3 is 5.97 Å². The van der Waals surface area contributed by atoms with Gasteiger partial charge in [-0.1, -0.05) is 48.5 Å². The van der Waals surface area contributed by atoms with Crippen molar-refractivity contribution in [2.45, 2.75) is 6.54 Å². The lowest BCUT2D eigenvalue weighted by atomic mass is 10.1. The highest BCUT2D eigenvalue weighted by Crippen LogP contribution is 2.15. The van der Waals surface area contributed by atoms with Crippen LogP contribution < -0.4 is 4.74 Å². The van der Waals surface area contributed by atoms with Crippen LogP contribution in [0.2, 0.25) is 0 Å². The molecule has 0 atom stereocenters. The zero-order chi connectivity index (χ0) is 19.8. The van der Waals surface area contributed by atoms with Gasteiger partial charge in [0.2, 0.25) is 0 Å². The zero-order valence-corrected chi connectivity index (χ0v) is 15.6. The number of hydrogen-bond donors (Lipinski definition) is 0. The van der Waals surface area contributed by atoms with E-state index in [-0.39, 0.29) is 5.78 Å². The van der Waals surface area contributed by atoms with Crippen LogP contribution in [0.15, 0.2) is 97.2 Å². The maximum absolute atomic E-state index is 12.3. The molecule has 28 heavy (non-hydrogen) atoms. The topological polar surface area (TPSA) is 46.6 Å². The maximum Gasteiger partial charge on any atom is 0.343 e. The highest BCUT2D eigenvalue weighted by molar-refractivity contribution is 6.04. The second-order valence-electron chi connectivity index (χ2n) is 6.36. The zero-order valence-electron chi connectivity index (χ0n) is 15.6. The predicted octanol–water partition coefficient (Wildman–Crippen LogP) is 4.73. The second kappa shape index (κ2) is 9.33. The Morgan fingerprint density at radius 1 is 0.821 bits per heavy atom. The van der Waals surface area contributed by atoms with Crippen LogP contribution in [0.5, 0.6) is 5.75 Å². The van der Waals surface area contributed by atoms with E-state index in [2.05, 4.69) is 0 Å². The predicted molar refractivity (Wildman–Crippen MR) is 109 cm³/mol. The van der Waals surface area contributed by atoms with Gasteiger partial charge in [0, 0.05) is 31.4 Å². The van der Waals surface area contributed by atoms with Crippen LogP contribution in [0.3, 0.4) is 0 Å². The SMILES string of the molecule is CN(C=CC(=O)c1ccc(OC(=O)c2ccccc2)cc1)Cc1ccccc1. The molecule has 3 aromatic rings. The Kier molecular flexibility index (Phi) is 6.37. The number of esters is 1. The van der Waals surface area contributed by atoms with Crippen LogP contribution >= 0.6 is 0 Å². The van der Waals surface area contributed by atoms with Crippen LogP contribution in [-0.2, 0) is 6.54 Å². The molecule has 0 saturated heterocycles. The van der Waals surface area contributed by atoms with Gasteiger partial charge in [-0.2, -0.15) is 0 Å². The molecule has 4 nitrogen and oxygen atoms in total. The van der Waals surface area contributed by atoms with Gasteiger partial charge in [0.15, 0.2) is 5.78 Å². The lowest BCUT2D eigenvalue weighted by molar-refractivity contribution is 0.0734. The molecule has 4 heteroatoms. The highest BCUT2D eigenvalue weighted by Gasteiger charge is 2.08. The first-order valence-electron chi connectivity index (χ1n) is 8.96. The summed E-state index contributed by atoms with van der Waals surface area (Å²) < 4.78 is 5.32. The Labute approximate surface area is 164 Å². The molecule has 0 fully saturated rings. The fourth-order valence-corrected chi connectivity index (χ4v) is 2.64. The standard InChI is InChI=1S/C24H21NO3/c1-25(18-19-8-4-2-5-9-19)17-16-23(26)20-12-14-22(15-13-20)28-24(27)21-10-6-3-7-11-21/h2-17H,18H2,1H3. The van der Waals surface area contributed by atoms with Gasteiger partial charge in [-0.05, 0) is 42.0 Å². The number of allylic oxidation sites excluding steroid dienone is 1. The minimum Gasteiger partial charge on any atom is -0.423 e. The lowest BCUT2D eigenvalue weighted by Crippen LogP contribution is -2.11. The Morgan fingerprint density at radius 3 is 2.07 bits per heavy atom. The Morgan fingerprint density at radius 2 is 1.43 bits per heavy atom. The Balaban J connectivity index is 1.56. The number of carbonyl (C=O) groups excluding carboxylic acids is 2. The van der Waals surface area contributed by atoms with E-state index in [1.165, 1.54) is 11.6 Å². The van der Waals surface area contributed by atoms with Crippen molar-refractivity contribution in [3.05, 3.63) is 114 Å². The first-order chi connectivity index (χ1) is 13.6. The number of nitrogens with zero attached hydrogens (tertiary/aromatic N) is 1. The molecule has 3 rings (SSSR count). The molecule has 0 bridgehead atoms. The van der Waals surface area contributed by atoms with Crippen LogP contribution in [0.1, 0.15) is 26.3 Å². The highest BCUT2D eigenvalue weighted by atomic mass is 16.5. The van der Waals surface area contributed by atoms with Crippen molar-refractivity contribution >= 4 is 11.8 Å². The molecule has 0 heterocycles. The number of benzene rings is 3. The van der Waals surface area contributed by atoms with E-state index in [4.69, 9.17) is 4.74 Å². The Bertz CT molecular complexity index is 948. The summed E-state index contributed by atoms with van der Waals surface area (Å²) in [7, 11) is 1.92. The number of ether oxygens (including phenoxy) is 1. The third-order valence-corrected chi connectivity index (χ3v) is 4.11. The smallest absolute Gasteiger partial charge is 0.343 e. The van der Waals surface area contributed by atoms with Gasteiger partial charge in [-0.3, -0.25) is 4.79 Å². The van der Waals surface area contributed by atoms with E-state index in [1.54, 1.807) is 54.7 Å². The van der Waals surface area contributed by atoms with Crippen molar-refractivity contribution < 1.29 is 14.3 Å². The number of ketones is 1. The molecular weight excluding hydrogens is 350 g/mol. The van der Waals surface area contributed by atoms with Crippen molar-refractivity contribution in [1.82, 2.24) is 4.90 Å². The maximum atomic E-state index is 12.3. The van der Waals surface area contributed by atoms with Gasteiger partial charge in [-0.15, -0.1) is 0 Å². The molecule has 0 radical (unpaired) electrons. The average molecular weight is 371 g/mol. The minimum atomic E-state index is -0.429. The van der Waals surface area contributed by atoms with Crippen LogP contribution in [0.4, 0.5) is 0 Å². The van der Waals surface area contributed by atoms with E-state index in [9.17, 15) is 9.59 Å². The van der Waals surface area contributed by atoms with Crippen molar-refractivity contribution in [3.63, 3.8) is 0 Å². The van der Waals surface area contributed by atoms with Gasteiger partial charge in [0.25, 0.3) is 0 Å². The van der Waals surface area contributed by atoms with Crippen molar-refractivity contribution in [2.24, 2.45) is 0 Å². The van der Waals surface area contributed by atoms with E-state index in [0.29, 0.717) is 16.9 Å². The average Bonchev–Trinajstić information content (AvgIpc) is 2.74. The summed E-state index contributed by atoms with van der Waals surface area (Å²) in [4.78, 5) is 26.3. The molecule has 0 aliphatic heterocycles. The van der Waals surface area contributed by atoms with E-state index in [0.717, 1.165) is 6.54 Å². The van der Waals surface area contributed by atoms with E-state index < -0.39 is 5.97 Å². The number of hydrogen-bond acceptors (Lipinski definition) is 4. The quantitative estimate of drug-likeness (QED) is 0.261. The van der Waals surface area contributed by atoms with Crippen LogP contribution in [0.25, 0.3) is 0 Å². The fraction of sp³-hybridized carbons (Fsp3) is 0.0833. The molecular formula is C24H21NO3. The van der Waals surface area contributed by atoms with Crippen molar-refractivity contribution in [1.29, 1.82) is 0 Å². The molecule has 0 saturated carbocycles. The largest absolute Gasteiger partial charge is 0.423 e.